The molecule has 0 unspecified atom stereocenters. The van der Waals surface area contributed by atoms with E-state index in [9.17, 15) is 4.79 Å². The zero-order valence-electron chi connectivity index (χ0n) is 24.1. The Morgan fingerprint density at radius 2 is 1.54 bits per heavy atom. The third-order valence-electron chi connectivity index (χ3n) is 14.7. The van der Waals surface area contributed by atoms with Gasteiger partial charge in [-0.3, -0.25) is 4.79 Å². The van der Waals surface area contributed by atoms with Crippen molar-refractivity contribution in [3.63, 3.8) is 0 Å². The molecule has 35 heavy (non-hydrogen) atoms. The van der Waals surface area contributed by atoms with Crippen molar-refractivity contribution >= 4 is 5.97 Å². The number of ether oxygens (including phenoxy) is 2. The molecule has 0 amide bonds. The first-order chi connectivity index (χ1) is 16.1. The van der Waals surface area contributed by atoms with Crippen LogP contribution in [0.15, 0.2) is 0 Å². The average molecular weight is 485 g/mol. The quantitative estimate of drug-likeness (QED) is 0.281. The van der Waals surface area contributed by atoms with Crippen molar-refractivity contribution in [1.29, 1.82) is 0 Å². The molecule has 0 bridgehead atoms. The Bertz CT molecular complexity index is 926. The highest BCUT2D eigenvalue weighted by atomic mass is 16.6. The normalized spacial score (nSPS) is 60.2. The van der Waals surface area contributed by atoms with E-state index in [1.54, 1.807) is 6.92 Å². The molecule has 0 aromatic carbocycles. The topological polar surface area (TPSA) is 38.8 Å². The second-order valence-corrected chi connectivity index (χ2v) is 16.1. The average Bonchev–Trinajstić information content (AvgIpc) is 3.41. The van der Waals surface area contributed by atoms with Gasteiger partial charge in [-0.05, 0) is 116 Å². The maximum absolute atomic E-state index is 11.9. The minimum absolute atomic E-state index is 0.0493. The molecular weight excluding hydrogens is 432 g/mol. The van der Waals surface area contributed by atoms with Crippen molar-refractivity contribution in [2.45, 2.75) is 138 Å². The lowest BCUT2D eigenvalue weighted by atomic mass is 9.31. The van der Waals surface area contributed by atoms with Crippen LogP contribution in [0.25, 0.3) is 0 Å². The van der Waals surface area contributed by atoms with Gasteiger partial charge in [-0.2, -0.15) is 0 Å². The van der Waals surface area contributed by atoms with E-state index in [1.807, 2.05) is 0 Å². The molecule has 6 aliphatic rings. The van der Waals surface area contributed by atoms with E-state index in [-0.39, 0.29) is 23.1 Å². The largest absolute Gasteiger partial charge is 0.462 e. The summed E-state index contributed by atoms with van der Waals surface area (Å²) in [6.07, 6.45) is 12.3. The lowest BCUT2D eigenvalue weighted by molar-refractivity contribution is -0.256. The summed E-state index contributed by atoms with van der Waals surface area (Å²) in [7, 11) is 0. The van der Waals surface area contributed by atoms with Crippen LogP contribution in [0.5, 0.6) is 0 Å². The van der Waals surface area contributed by atoms with Crippen LogP contribution in [0.2, 0.25) is 0 Å². The second-order valence-electron chi connectivity index (χ2n) is 16.1. The van der Waals surface area contributed by atoms with Crippen LogP contribution in [0.3, 0.4) is 0 Å². The molecule has 12 atom stereocenters. The summed E-state index contributed by atoms with van der Waals surface area (Å²) < 4.78 is 12.3. The van der Waals surface area contributed by atoms with Gasteiger partial charge >= 0.3 is 5.97 Å². The number of rotatable bonds is 1. The van der Waals surface area contributed by atoms with Crippen LogP contribution in [0.4, 0.5) is 0 Å². The number of carbonyl (C=O) groups is 1. The van der Waals surface area contributed by atoms with Gasteiger partial charge in [0.05, 0.1) is 11.7 Å². The summed E-state index contributed by atoms with van der Waals surface area (Å²) >= 11 is 0. The Balaban J connectivity index is 1.35. The van der Waals surface area contributed by atoms with Gasteiger partial charge in [-0.25, -0.2) is 0 Å². The monoisotopic (exact) mass is 484 g/mol. The molecule has 0 aromatic rings. The smallest absolute Gasteiger partial charge is 0.302 e. The van der Waals surface area contributed by atoms with E-state index < -0.39 is 0 Å². The lowest BCUT2D eigenvalue weighted by Gasteiger charge is -2.73. The number of carbonyl (C=O) groups excluding carboxylic acids is 1. The van der Waals surface area contributed by atoms with Crippen molar-refractivity contribution in [3.8, 4) is 0 Å². The summed E-state index contributed by atoms with van der Waals surface area (Å²) in [4.78, 5) is 11.9. The predicted octanol–water partition coefficient (Wildman–Crippen LogP) is 7.81. The Kier molecular flexibility index (Phi) is 5.01. The third kappa shape index (κ3) is 2.92. The number of esters is 1. The van der Waals surface area contributed by atoms with Crippen molar-refractivity contribution in [3.05, 3.63) is 0 Å². The number of hydrogen-bond acceptors (Lipinski definition) is 3. The molecular formula is C32H52O3. The van der Waals surface area contributed by atoms with Crippen molar-refractivity contribution in [1.82, 2.24) is 0 Å². The molecule has 5 aliphatic carbocycles. The maximum atomic E-state index is 11.9. The number of hydrogen-bond donors (Lipinski definition) is 0. The molecule has 3 heteroatoms. The van der Waals surface area contributed by atoms with E-state index in [1.165, 1.54) is 51.4 Å². The molecule has 1 heterocycles. The first-order valence-electron chi connectivity index (χ1n) is 15.0. The van der Waals surface area contributed by atoms with Crippen LogP contribution < -0.4 is 0 Å². The second kappa shape index (κ2) is 7.09. The number of fused-ring (bicyclic) bond motifs is 8. The zero-order chi connectivity index (χ0) is 25.4. The minimum atomic E-state index is -0.109. The molecule has 1 aliphatic heterocycles. The van der Waals surface area contributed by atoms with Gasteiger partial charge in [-0.15, -0.1) is 0 Å². The molecule has 0 radical (unpaired) electrons. The van der Waals surface area contributed by atoms with Crippen molar-refractivity contribution in [2.75, 3.05) is 0 Å². The molecule has 0 spiro atoms. The van der Waals surface area contributed by atoms with Gasteiger partial charge in [0.1, 0.15) is 6.10 Å². The third-order valence-corrected chi connectivity index (χ3v) is 14.7. The van der Waals surface area contributed by atoms with Gasteiger partial charge in [0.15, 0.2) is 0 Å². The predicted molar refractivity (Wildman–Crippen MR) is 140 cm³/mol. The van der Waals surface area contributed by atoms with Gasteiger partial charge in [0.2, 0.25) is 0 Å². The summed E-state index contributed by atoms with van der Waals surface area (Å²) in [6, 6.07) is 0. The molecule has 198 valence electrons. The van der Waals surface area contributed by atoms with Crippen molar-refractivity contribution < 1.29 is 14.3 Å². The molecule has 5 saturated carbocycles. The van der Waals surface area contributed by atoms with Gasteiger partial charge < -0.3 is 9.47 Å². The molecule has 6 fully saturated rings. The maximum Gasteiger partial charge on any atom is 0.302 e. The van der Waals surface area contributed by atoms with E-state index >= 15 is 0 Å². The summed E-state index contributed by atoms with van der Waals surface area (Å²) in [5, 5.41) is 0. The first-order valence-corrected chi connectivity index (χ1v) is 15.0. The molecule has 3 nitrogen and oxygen atoms in total. The highest BCUT2D eigenvalue weighted by Gasteiger charge is 2.74. The first kappa shape index (κ1) is 24.7. The van der Waals surface area contributed by atoms with E-state index in [0.29, 0.717) is 39.6 Å². The summed E-state index contributed by atoms with van der Waals surface area (Å²) in [6.45, 7) is 22.1. The summed E-state index contributed by atoms with van der Waals surface area (Å²) in [5.41, 5.74) is 1.80. The fourth-order valence-corrected chi connectivity index (χ4v) is 12.5. The zero-order valence-corrected chi connectivity index (χ0v) is 24.1. The molecule has 6 rings (SSSR count). The number of epoxide rings is 1. The molecule has 0 N–H and O–H groups in total. The van der Waals surface area contributed by atoms with Crippen LogP contribution in [-0.4, -0.2) is 23.8 Å². The molecule has 1 saturated heterocycles. The Labute approximate surface area is 214 Å². The van der Waals surface area contributed by atoms with Gasteiger partial charge in [0.25, 0.3) is 0 Å². The highest BCUT2D eigenvalue weighted by molar-refractivity contribution is 5.66. The standard InChI is InChI=1S/C32H52O3/c1-19-26-21-10-11-23-29(6)14-13-24(34-20(2)33)27(3,4)22(29)12-15-31(23,8)30(21,7)17-16-28(26,5)18-25-32(19,9)35-25/h19,21-26H,10-18H2,1-9H3/t19-,21+,22-,23+,24-,25+,26+,28-,29-,30+,31+,32-/m0/s1. The summed E-state index contributed by atoms with van der Waals surface area (Å²) in [5.74, 6) is 3.59. The van der Waals surface area contributed by atoms with E-state index in [2.05, 4.69) is 55.4 Å². The van der Waals surface area contributed by atoms with Gasteiger partial charge in [-0.1, -0.05) is 48.5 Å². The highest BCUT2D eigenvalue weighted by Crippen LogP contribution is 2.78. The van der Waals surface area contributed by atoms with E-state index in [4.69, 9.17) is 9.47 Å². The van der Waals surface area contributed by atoms with E-state index in [0.717, 1.165) is 24.2 Å². The van der Waals surface area contributed by atoms with Crippen molar-refractivity contribution in [2.24, 2.45) is 56.7 Å². The lowest BCUT2D eigenvalue weighted by Crippen LogP contribution is -2.67. The Morgan fingerprint density at radius 1 is 0.829 bits per heavy atom. The van der Waals surface area contributed by atoms with Crippen LogP contribution in [0.1, 0.15) is 120 Å². The minimum Gasteiger partial charge on any atom is -0.462 e. The SMILES string of the molecule is CC(=O)O[C@H]1CC[C@]2(C)[C@H]3CC[C@@H]4[C@H]5[C@H](C)[C@]6(C)O[C@@H]6C[C@]5(C)CC[C@@]4(C)[C@]3(C)CC[C@H]2C1(C)C. The Morgan fingerprint density at radius 3 is 2.23 bits per heavy atom. The fraction of sp³-hybridized carbons (Fsp3) is 0.969. The molecule has 0 aromatic heterocycles. The van der Waals surface area contributed by atoms with Crippen LogP contribution in [-0.2, 0) is 14.3 Å². The van der Waals surface area contributed by atoms with Gasteiger partial charge in [0, 0.05) is 12.3 Å². The van der Waals surface area contributed by atoms with Crippen LogP contribution in [0, 0.1) is 56.7 Å². The fourth-order valence-electron chi connectivity index (χ4n) is 12.5. The van der Waals surface area contributed by atoms with Crippen LogP contribution >= 0.6 is 0 Å². The Hall–Kier alpha value is -0.570.